The fourth-order valence-electron chi connectivity index (χ4n) is 2.85. The number of amides is 1. The SMILES string of the molecule is C[C@H](NC(=O)COC(=O)c1ccc(C(=O)c2ccccc2)cc1)c1ccc(Cl)cc1. The highest BCUT2D eigenvalue weighted by Gasteiger charge is 2.14. The first-order chi connectivity index (χ1) is 14.4. The first-order valence-electron chi connectivity index (χ1n) is 9.36. The van der Waals surface area contributed by atoms with Crippen molar-refractivity contribution in [3.63, 3.8) is 0 Å². The number of ketones is 1. The van der Waals surface area contributed by atoms with Crippen LogP contribution in [-0.4, -0.2) is 24.3 Å². The van der Waals surface area contributed by atoms with Gasteiger partial charge in [-0.2, -0.15) is 0 Å². The zero-order chi connectivity index (χ0) is 21.5. The summed E-state index contributed by atoms with van der Waals surface area (Å²) in [6.45, 7) is 1.42. The molecule has 152 valence electrons. The molecule has 0 aromatic heterocycles. The molecule has 0 aliphatic carbocycles. The van der Waals surface area contributed by atoms with Crippen molar-refractivity contribution in [2.24, 2.45) is 0 Å². The van der Waals surface area contributed by atoms with Gasteiger partial charge in [0.2, 0.25) is 0 Å². The Balaban J connectivity index is 1.52. The van der Waals surface area contributed by atoms with Crippen LogP contribution in [-0.2, 0) is 9.53 Å². The number of ether oxygens (including phenoxy) is 1. The maximum absolute atomic E-state index is 12.4. The Bertz CT molecular complexity index is 1030. The summed E-state index contributed by atoms with van der Waals surface area (Å²) in [5, 5.41) is 3.37. The van der Waals surface area contributed by atoms with Crippen molar-refractivity contribution in [3.05, 3.63) is 106 Å². The fraction of sp³-hybridized carbons (Fsp3) is 0.125. The van der Waals surface area contributed by atoms with Crippen LogP contribution in [0.25, 0.3) is 0 Å². The molecule has 1 atom stereocenters. The van der Waals surface area contributed by atoms with Gasteiger partial charge in [-0.25, -0.2) is 4.79 Å². The lowest BCUT2D eigenvalue weighted by molar-refractivity contribution is -0.124. The zero-order valence-corrected chi connectivity index (χ0v) is 17.1. The second-order valence-electron chi connectivity index (χ2n) is 6.69. The summed E-state index contributed by atoms with van der Waals surface area (Å²) in [4.78, 5) is 36.7. The number of nitrogens with one attached hydrogen (secondary N) is 1. The summed E-state index contributed by atoms with van der Waals surface area (Å²) in [6.07, 6.45) is 0. The normalized spacial score (nSPS) is 11.4. The Morgan fingerprint density at radius 2 is 1.40 bits per heavy atom. The van der Waals surface area contributed by atoms with Crippen LogP contribution in [0.5, 0.6) is 0 Å². The zero-order valence-electron chi connectivity index (χ0n) is 16.3. The number of carbonyl (C=O) groups excluding carboxylic acids is 3. The van der Waals surface area contributed by atoms with E-state index in [1.165, 1.54) is 12.1 Å². The minimum atomic E-state index is -0.636. The molecule has 1 amide bonds. The van der Waals surface area contributed by atoms with Crippen LogP contribution in [0.2, 0.25) is 5.02 Å². The van der Waals surface area contributed by atoms with Gasteiger partial charge in [0.1, 0.15) is 0 Å². The lowest BCUT2D eigenvalue weighted by atomic mass is 10.0. The molecule has 30 heavy (non-hydrogen) atoms. The van der Waals surface area contributed by atoms with Gasteiger partial charge in [0.05, 0.1) is 11.6 Å². The molecule has 3 rings (SSSR count). The summed E-state index contributed by atoms with van der Waals surface area (Å²) in [7, 11) is 0. The van der Waals surface area contributed by atoms with Crippen LogP contribution in [0.1, 0.15) is 44.8 Å². The van der Waals surface area contributed by atoms with Gasteiger partial charge in [-0.1, -0.05) is 66.2 Å². The number of hydrogen-bond acceptors (Lipinski definition) is 4. The molecule has 0 radical (unpaired) electrons. The molecule has 0 spiro atoms. The van der Waals surface area contributed by atoms with Crippen molar-refractivity contribution in [3.8, 4) is 0 Å². The molecule has 0 saturated carbocycles. The summed E-state index contributed by atoms with van der Waals surface area (Å²) < 4.78 is 5.07. The number of carbonyl (C=O) groups is 3. The largest absolute Gasteiger partial charge is 0.452 e. The minimum absolute atomic E-state index is 0.133. The van der Waals surface area contributed by atoms with E-state index in [2.05, 4.69) is 5.32 Å². The average molecular weight is 422 g/mol. The first-order valence-corrected chi connectivity index (χ1v) is 9.73. The van der Waals surface area contributed by atoms with Gasteiger partial charge in [0.15, 0.2) is 12.4 Å². The van der Waals surface area contributed by atoms with Crippen molar-refractivity contribution in [2.45, 2.75) is 13.0 Å². The standard InChI is InChI=1S/C24H20ClNO4/c1-16(17-11-13-21(25)14-12-17)26-22(27)15-30-24(29)20-9-7-19(8-10-20)23(28)18-5-3-2-4-6-18/h2-14,16H,15H2,1H3,(H,26,27)/t16-/m0/s1. The first kappa shape index (κ1) is 21.3. The van der Waals surface area contributed by atoms with E-state index in [1.807, 2.05) is 25.1 Å². The molecule has 3 aromatic carbocycles. The van der Waals surface area contributed by atoms with Gasteiger partial charge >= 0.3 is 5.97 Å². The number of hydrogen-bond donors (Lipinski definition) is 1. The summed E-state index contributed by atoms with van der Waals surface area (Å²) >= 11 is 5.86. The van der Waals surface area contributed by atoms with Crippen LogP contribution >= 0.6 is 11.6 Å². The third-order valence-corrected chi connectivity index (χ3v) is 4.75. The third-order valence-electron chi connectivity index (χ3n) is 4.50. The van der Waals surface area contributed by atoms with Crippen LogP contribution in [0.4, 0.5) is 0 Å². The molecule has 6 heteroatoms. The van der Waals surface area contributed by atoms with E-state index in [9.17, 15) is 14.4 Å². The molecule has 1 N–H and O–H groups in total. The van der Waals surface area contributed by atoms with E-state index in [0.29, 0.717) is 16.1 Å². The maximum Gasteiger partial charge on any atom is 0.338 e. The molecular weight excluding hydrogens is 402 g/mol. The molecule has 0 aliphatic rings. The van der Waals surface area contributed by atoms with E-state index in [-0.39, 0.29) is 17.4 Å². The minimum Gasteiger partial charge on any atom is -0.452 e. The Kier molecular flexibility index (Phi) is 6.99. The quantitative estimate of drug-likeness (QED) is 0.447. The molecule has 0 aliphatic heterocycles. The molecule has 5 nitrogen and oxygen atoms in total. The van der Waals surface area contributed by atoms with Crippen LogP contribution in [0.3, 0.4) is 0 Å². The summed E-state index contributed by atoms with van der Waals surface area (Å²) in [5.74, 6) is -1.18. The Labute approximate surface area is 179 Å². The maximum atomic E-state index is 12.4. The van der Waals surface area contributed by atoms with Gasteiger partial charge in [-0.3, -0.25) is 9.59 Å². The van der Waals surface area contributed by atoms with E-state index < -0.39 is 18.5 Å². The number of halogens is 1. The van der Waals surface area contributed by atoms with Gasteiger partial charge in [-0.15, -0.1) is 0 Å². The van der Waals surface area contributed by atoms with Crippen molar-refractivity contribution >= 4 is 29.3 Å². The second kappa shape index (κ2) is 9.85. The molecular formula is C24H20ClNO4. The van der Waals surface area contributed by atoms with Crippen molar-refractivity contribution in [1.29, 1.82) is 0 Å². The van der Waals surface area contributed by atoms with Gasteiger partial charge in [0.25, 0.3) is 5.91 Å². The molecule has 0 heterocycles. The highest BCUT2D eigenvalue weighted by atomic mass is 35.5. The highest BCUT2D eigenvalue weighted by Crippen LogP contribution is 2.16. The fourth-order valence-corrected chi connectivity index (χ4v) is 2.97. The van der Waals surface area contributed by atoms with Crippen LogP contribution in [0, 0.1) is 0 Å². The second-order valence-corrected chi connectivity index (χ2v) is 7.13. The summed E-state index contributed by atoms with van der Waals surface area (Å²) in [5.41, 5.74) is 2.18. The number of rotatable bonds is 7. The topological polar surface area (TPSA) is 72.5 Å². The van der Waals surface area contributed by atoms with Gasteiger partial charge in [0, 0.05) is 16.1 Å². The predicted octanol–water partition coefficient (Wildman–Crippen LogP) is 4.61. The molecule has 0 unspecified atom stereocenters. The molecule has 3 aromatic rings. The Morgan fingerprint density at radius 3 is 2.03 bits per heavy atom. The number of benzene rings is 3. The summed E-state index contributed by atoms with van der Waals surface area (Å²) in [6, 6.07) is 21.9. The van der Waals surface area contributed by atoms with E-state index in [1.54, 1.807) is 48.5 Å². The highest BCUT2D eigenvalue weighted by molar-refractivity contribution is 6.30. The van der Waals surface area contributed by atoms with Crippen molar-refractivity contribution in [2.75, 3.05) is 6.61 Å². The predicted molar refractivity (Wildman–Crippen MR) is 115 cm³/mol. The van der Waals surface area contributed by atoms with E-state index >= 15 is 0 Å². The van der Waals surface area contributed by atoms with Crippen molar-refractivity contribution in [1.82, 2.24) is 5.32 Å². The number of esters is 1. The lowest BCUT2D eigenvalue weighted by Gasteiger charge is -2.14. The van der Waals surface area contributed by atoms with Gasteiger partial charge < -0.3 is 10.1 Å². The van der Waals surface area contributed by atoms with Crippen LogP contribution in [0.15, 0.2) is 78.9 Å². The Morgan fingerprint density at radius 1 is 0.833 bits per heavy atom. The monoisotopic (exact) mass is 421 g/mol. The third kappa shape index (κ3) is 5.55. The molecule has 0 bridgehead atoms. The average Bonchev–Trinajstić information content (AvgIpc) is 2.78. The van der Waals surface area contributed by atoms with E-state index in [4.69, 9.17) is 16.3 Å². The van der Waals surface area contributed by atoms with Crippen LogP contribution < -0.4 is 5.32 Å². The Hall–Kier alpha value is -3.44. The van der Waals surface area contributed by atoms with Crippen molar-refractivity contribution < 1.29 is 19.1 Å². The molecule has 0 saturated heterocycles. The molecule has 0 fully saturated rings. The van der Waals surface area contributed by atoms with Gasteiger partial charge in [-0.05, 0) is 36.8 Å². The smallest absolute Gasteiger partial charge is 0.338 e. The van der Waals surface area contributed by atoms with E-state index in [0.717, 1.165) is 5.56 Å². The lowest BCUT2D eigenvalue weighted by Crippen LogP contribution is -2.31.